The number of halogens is 2. The van der Waals surface area contributed by atoms with Crippen LogP contribution in [0.5, 0.6) is 0 Å². The molecule has 0 saturated heterocycles. The van der Waals surface area contributed by atoms with Crippen molar-refractivity contribution in [2.45, 2.75) is 59.3 Å². The van der Waals surface area contributed by atoms with E-state index in [-0.39, 0.29) is 56.4 Å². The molecule has 0 bridgehead atoms. The summed E-state index contributed by atoms with van der Waals surface area (Å²) >= 11 is 0. The summed E-state index contributed by atoms with van der Waals surface area (Å²) < 4.78 is 0. The maximum atomic E-state index is 2.42. The molecule has 0 spiro atoms. The average molecular weight is 480 g/mol. The van der Waals surface area contributed by atoms with E-state index < -0.39 is 0 Å². The van der Waals surface area contributed by atoms with Crippen LogP contribution in [0.25, 0.3) is 21.9 Å². The molecule has 1 radical (unpaired) electrons. The van der Waals surface area contributed by atoms with Crippen molar-refractivity contribution in [1.82, 2.24) is 0 Å². The maximum Gasteiger partial charge on any atom is 3.00 e. The van der Waals surface area contributed by atoms with Gasteiger partial charge >= 0.3 is 26.2 Å². The fraction of sp³-hybridized carbons (Fsp3) is 0.375. The molecule has 3 aromatic rings. The van der Waals surface area contributed by atoms with Gasteiger partial charge in [0, 0.05) is 0 Å². The Labute approximate surface area is 196 Å². The monoisotopic (exact) mass is 477 g/mol. The summed E-state index contributed by atoms with van der Waals surface area (Å²) in [5, 5.41) is 2.78. The Morgan fingerprint density at radius 1 is 0.963 bits per heavy atom. The summed E-state index contributed by atoms with van der Waals surface area (Å²) in [6.07, 6.45) is 1.06. The molecule has 0 fully saturated rings. The van der Waals surface area contributed by atoms with Crippen molar-refractivity contribution in [2.24, 2.45) is 0 Å². The van der Waals surface area contributed by atoms with E-state index in [1.165, 1.54) is 38.6 Å². The maximum absolute atomic E-state index is 2.42. The van der Waals surface area contributed by atoms with E-state index in [2.05, 4.69) is 90.1 Å². The van der Waals surface area contributed by atoms with Crippen molar-refractivity contribution in [1.29, 1.82) is 0 Å². The van der Waals surface area contributed by atoms with Gasteiger partial charge in [-0.25, -0.2) is 0 Å². The Balaban J connectivity index is 0.00000225. The molecule has 0 aliphatic heterocycles. The summed E-state index contributed by atoms with van der Waals surface area (Å²) in [7, 11) is 0. The van der Waals surface area contributed by atoms with E-state index in [1.54, 1.807) is 0 Å². The Morgan fingerprint density at radius 2 is 1.59 bits per heavy atom. The van der Waals surface area contributed by atoms with Crippen molar-refractivity contribution < 1.29 is 51.0 Å². The van der Waals surface area contributed by atoms with Gasteiger partial charge in [-0.15, -0.1) is 34.5 Å². The van der Waals surface area contributed by atoms with Crippen LogP contribution in [0.15, 0.2) is 48.5 Å². The first-order valence-corrected chi connectivity index (χ1v) is 9.15. The molecular weight excluding hydrogens is 450 g/mol. The van der Waals surface area contributed by atoms with Crippen LogP contribution >= 0.6 is 0 Å². The van der Waals surface area contributed by atoms with E-state index >= 15 is 0 Å². The van der Waals surface area contributed by atoms with Crippen LogP contribution in [0.2, 0.25) is 0 Å². The third kappa shape index (κ3) is 5.32. The van der Waals surface area contributed by atoms with Gasteiger partial charge in [-0.3, -0.25) is 0 Å². The molecule has 0 unspecified atom stereocenters. The second kappa shape index (κ2) is 10.3. The van der Waals surface area contributed by atoms with Crippen molar-refractivity contribution in [3.8, 4) is 11.1 Å². The molecule has 3 heteroatoms. The molecule has 0 aliphatic rings. The minimum Gasteiger partial charge on any atom is -1.00 e. The Hall–Kier alpha value is -0.487. The van der Waals surface area contributed by atoms with Crippen LogP contribution in [0.3, 0.4) is 0 Å². The van der Waals surface area contributed by atoms with E-state index in [4.69, 9.17) is 0 Å². The quantitative estimate of drug-likeness (QED) is 0.496. The number of hydrogen-bond acceptors (Lipinski definition) is 0. The largest absolute Gasteiger partial charge is 3.00 e. The second-order valence-electron chi connectivity index (χ2n) is 8.19. The molecular formula is C24H29Cl2Zr. The summed E-state index contributed by atoms with van der Waals surface area (Å²) in [5.74, 6) is 0.526. The van der Waals surface area contributed by atoms with E-state index in [1.807, 2.05) is 0 Å². The Bertz CT molecular complexity index is 870. The molecule has 0 heterocycles. The fourth-order valence-electron chi connectivity index (χ4n) is 3.60. The molecule has 0 amide bonds. The van der Waals surface area contributed by atoms with Crippen molar-refractivity contribution in [3.05, 3.63) is 65.2 Å². The summed E-state index contributed by atoms with van der Waals surface area (Å²) in [6, 6.07) is 18.3. The van der Waals surface area contributed by atoms with Gasteiger partial charge < -0.3 is 24.8 Å². The minimum absolute atomic E-state index is 0. The number of hydrogen-bond donors (Lipinski definition) is 0. The SMILES string of the molecule is CCc1ccc2[cH-]c(C(C)(C)C)cc2c1-c1ccccc1C(C)C.[Cl-].[Cl-].[Zr+3]. The van der Waals surface area contributed by atoms with Crippen LogP contribution in [-0.4, -0.2) is 0 Å². The predicted octanol–water partition coefficient (Wildman–Crippen LogP) is 1.21. The molecule has 0 N–H and O–H groups in total. The minimum atomic E-state index is 0. The number of rotatable bonds is 3. The zero-order valence-corrected chi connectivity index (χ0v) is 21.1. The standard InChI is InChI=1S/C24H29.2ClH.Zr/c1-7-17-12-13-18-14-19(24(4,5)6)15-22(18)23(17)21-11-9-8-10-20(21)16(2)3;;;/h8-16H,7H2,1-6H3;2*1H;/q-1;;;+3/p-2. The third-order valence-corrected chi connectivity index (χ3v) is 5.08. The summed E-state index contributed by atoms with van der Waals surface area (Å²) in [5.41, 5.74) is 7.34. The van der Waals surface area contributed by atoms with Gasteiger partial charge in [0.25, 0.3) is 0 Å². The van der Waals surface area contributed by atoms with Gasteiger partial charge in [-0.1, -0.05) is 76.9 Å². The predicted molar refractivity (Wildman–Crippen MR) is 107 cm³/mol. The number of aryl methyl sites for hydroxylation is 1. The first kappa shape index (κ1) is 26.5. The van der Waals surface area contributed by atoms with Gasteiger partial charge in [0.2, 0.25) is 0 Å². The van der Waals surface area contributed by atoms with E-state index in [0.29, 0.717) is 5.92 Å². The summed E-state index contributed by atoms with van der Waals surface area (Å²) in [6.45, 7) is 13.7. The van der Waals surface area contributed by atoms with Gasteiger partial charge in [-0.2, -0.15) is 6.07 Å². The average Bonchev–Trinajstić information content (AvgIpc) is 2.98. The zero-order chi connectivity index (χ0) is 17.5. The molecule has 0 saturated carbocycles. The van der Waals surface area contributed by atoms with Gasteiger partial charge in [-0.05, 0) is 28.9 Å². The van der Waals surface area contributed by atoms with Crippen molar-refractivity contribution >= 4 is 10.8 Å². The smallest absolute Gasteiger partial charge is 1.00 e. The van der Waals surface area contributed by atoms with Gasteiger partial charge in [0.05, 0.1) is 0 Å². The van der Waals surface area contributed by atoms with Gasteiger partial charge in [0.15, 0.2) is 0 Å². The molecule has 27 heavy (non-hydrogen) atoms. The molecule has 3 aromatic carbocycles. The molecule has 143 valence electrons. The number of benzene rings is 2. The topological polar surface area (TPSA) is 0 Å². The molecule has 0 aliphatic carbocycles. The molecule has 0 aromatic heterocycles. The normalized spacial score (nSPS) is 10.9. The van der Waals surface area contributed by atoms with Gasteiger partial charge in [0.1, 0.15) is 0 Å². The second-order valence-corrected chi connectivity index (χ2v) is 8.19. The van der Waals surface area contributed by atoms with Crippen LogP contribution in [0.4, 0.5) is 0 Å². The Morgan fingerprint density at radius 3 is 2.15 bits per heavy atom. The third-order valence-electron chi connectivity index (χ3n) is 5.08. The van der Waals surface area contributed by atoms with Crippen LogP contribution < -0.4 is 24.8 Å². The first-order chi connectivity index (χ1) is 11.3. The van der Waals surface area contributed by atoms with E-state index in [9.17, 15) is 0 Å². The van der Waals surface area contributed by atoms with Crippen molar-refractivity contribution in [3.63, 3.8) is 0 Å². The van der Waals surface area contributed by atoms with Crippen LogP contribution in [0.1, 0.15) is 64.2 Å². The fourth-order valence-corrected chi connectivity index (χ4v) is 3.60. The van der Waals surface area contributed by atoms with Crippen molar-refractivity contribution in [2.75, 3.05) is 0 Å². The molecule has 3 rings (SSSR count). The van der Waals surface area contributed by atoms with Crippen LogP contribution in [-0.2, 0) is 38.0 Å². The summed E-state index contributed by atoms with van der Waals surface area (Å²) in [4.78, 5) is 0. The van der Waals surface area contributed by atoms with E-state index in [0.717, 1.165) is 6.42 Å². The molecule has 0 atom stereocenters. The number of fused-ring (bicyclic) bond motifs is 1. The van der Waals surface area contributed by atoms with Crippen LogP contribution in [0, 0.1) is 0 Å². The molecule has 0 nitrogen and oxygen atoms in total. The Kier molecular flexibility index (Phi) is 10.1. The first-order valence-electron chi connectivity index (χ1n) is 9.15. The zero-order valence-electron chi connectivity index (χ0n) is 17.2.